The number of sulfonamides is 1. The maximum Gasteiger partial charge on any atom is 0.322 e. The van der Waals surface area contributed by atoms with Crippen LogP contribution in [0.15, 0.2) is 23.1 Å². The van der Waals surface area contributed by atoms with E-state index in [2.05, 4.69) is 0 Å². The highest BCUT2D eigenvalue weighted by Crippen LogP contribution is 2.22. The molecule has 0 bridgehead atoms. The van der Waals surface area contributed by atoms with Crippen LogP contribution < -0.4 is 10.0 Å². The molecule has 0 saturated carbocycles. The summed E-state index contributed by atoms with van der Waals surface area (Å²) in [6.07, 6.45) is 0. The summed E-state index contributed by atoms with van der Waals surface area (Å²) in [5.41, 5.74) is 0.0927. The number of hydrogen-bond acceptors (Lipinski definition) is 5. The number of nitrogens with one attached hydrogen (secondary N) is 2. The average Bonchev–Trinajstić information content (AvgIpc) is 2.43. The van der Waals surface area contributed by atoms with E-state index in [1.807, 2.05) is 10.0 Å². The summed E-state index contributed by atoms with van der Waals surface area (Å²) < 4.78 is 25.9. The lowest BCUT2D eigenvalue weighted by atomic mass is 10.2. The normalized spacial score (nSPS) is 10.7. The van der Waals surface area contributed by atoms with E-state index in [1.54, 1.807) is 6.07 Å². The van der Waals surface area contributed by atoms with Crippen molar-refractivity contribution in [2.45, 2.75) is 4.90 Å². The number of carbonyl (C=O) groups is 2. The van der Waals surface area contributed by atoms with Crippen molar-refractivity contribution in [1.29, 1.82) is 5.26 Å². The molecule has 10 heteroatoms. The smallest absolute Gasteiger partial charge is 0.322 e. The van der Waals surface area contributed by atoms with Crippen molar-refractivity contribution in [3.8, 4) is 6.07 Å². The van der Waals surface area contributed by atoms with Crippen LogP contribution in [0.3, 0.4) is 0 Å². The Kier molecular flexibility index (Phi) is 5.66. The summed E-state index contributed by atoms with van der Waals surface area (Å²) in [6, 6.07) is 5.44. The highest BCUT2D eigenvalue weighted by molar-refractivity contribution is 7.89. The van der Waals surface area contributed by atoms with E-state index >= 15 is 0 Å². The van der Waals surface area contributed by atoms with Crippen LogP contribution in [0.4, 0.5) is 0 Å². The van der Waals surface area contributed by atoms with Gasteiger partial charge < -0.3 is 10.4 Å². The third kappa shape index (κ3) is 5.03. The molecule has 1 rings (SSSR count). The first-order valence-electron chi connectivity index (χ1n) is 5.44. The molecule has 0 aromatic heterocycles. The summed E-state index contributed by atoms with van der Waals surface area (Å²) in [5.74, 6) is -2.07. The van der Waals surface area contributed by atoms with Crippen LogP contribution in [-0.2, 0) is 19.6 Å². The summed E-state index contributed by atoms with van der Waals surface area (Å²) in [5, 5.41) is 19.0. The minimum atomic E-state index is -4.10. The topological polar surface area (TPSA) is 136 Å². The molecule has 1 aromatic carbocycles. The van der Waals surface area contributed by atoms with Gasteiger partial charge in [0.05, 0.1) is 23.2 Å². The molecule has 3 N–H and O–H groups in total. The van der Waals surface area contributed by atoms with Gasteiger partial charge in [0.15, 0.2) is 0 Å². The van der Waals surface area contributed by atoms with Crippen LogP contribution in [0.2, 0.25) is 5.02 Å². The molecule has 0 aliphatic carbocycles. The van der Waals surface area contributed by atoms with Gasteiger partial charge in [-0.3, -0.25) is 9.59 Å². The lowest BCUT2D eigenvalue weighted by Gasteiger charge is -2.08. The molecule has 112 valence electrons. The Labute approximate surface area is 125 Å². The SMILES string of the molecule is N#Cc1ccc(Cl)c(S(=O)(=O)NCC(=O)NCC(=O)O)c1. The Balaban J connectivity index is 2.81. The monoisotopic (exact) mass is 331 g/mol. The van der Waals surface area contributed by atoms with Crippen molar-refractivity contribution in [2.24, 2.45) is 0 Å². The second-order valence-electron chi connectivity index (χ2n) is 3.75. The zero-order valence-corrected chi connectivity index (χ0v) is 12.0. The van der Waals surface area contributed by atoms with E-state index < -0.39 is 35.0 Å². The molecule has 0 atom stereocenters. The molecule has 21 heavy (non-hydrogen) atoms. The Bertz CT molecular complexity index is 711. The van der Waals surface area contributed by atoms with Crippen molar-refractivity contribution in [3.05, 3.63) is 28.8 Å². The van der Waals surface area contributed by atoms with Crippen molar-refractivity contribution < 1.29 is 23.1 Å². The predicted octanol–water partition coefficient (Wildman–Crippen LogP) is -0.309. The molecule has 0 aliphatic rings. The first kappa shape index (κ1) is 16.9. The molecule has 0 unspecified atom stereocenters. The van der Waals surface area contributed by atoms with E-state index in [0.29, 0.717) is 0 Å². The van der Waals surface area contributed by atoms with Crippen LogP contribution in [0.5, 0.6) is 0 Å². The van der Waals surface area contributed by atoms with E-state index in [-0.39, 0.29) is 15.5 Å². The van der Waals surface area contributed by atoms with Crippen LogP contribution in [0.25, 0.3) is 0 Å². The summed E-state index contributed by atoms with van der Waals surface area (Å²) in [7, 11) is -4.10. The van der Waals surface area contributed by atoms with Crippen LogP contribution in [0.1, 0.15) is 5.56 Å². The number of carbonyl (C=O) groups excluding carboxylic acids is 1. The number of carboxylic acid groups (broad SMARTS) is 1. The molecule has 0 fully saturated rings. The second-order valence-corrected chi connectivity index (χ2v) is 5.89. The molecule has 0 spiro atoms. The minimum Gasteiger partial charge on any atom is -0.480 e. The Morgan fingerprint density at radius 1 is 1.33 bits per heavy atom. The molecular weight excluding hydrogens is 322 g/mol. The number of hydrogen-bond donors (Lipinski definition) is 3. The Hall–Kier alpha value is -2.15. The zero-order chi connectivity index (χ0) is 16.0. The van der Waals surface area contributed by atoms with Gasteiger partial charge in [-0.2, -0.15) is 5.26 Å². The number of rotatable bonds is 6. The molecule has 8 nitrogen and oxygen atoms in total. The Morgan fingerprint density at radius 3 is 2.57 bits per heavy atom. The fourth-order valence-electron chi connectivity index (χ4n) is 1.25. The predicted molar refractivity (Wildman–Crippen MR) is 72.0 cm³/mol. The summed E-state index contributed by atoms with van der Waals surface area (Å²) in [6.45, 7) is -1.27. The van der Waals surface area contributed by atoms with Gasteiger partial charge >= 0.3 is 5.97 Å². The standard InChI is InChI=1S/C11H10ClN3O5S/c12-8-2-1-7(4-13)3-9(8)21(19,20)15-5-10(16)14-6-11(17)18/h1-3,15H,5-6H2,(H,14,16)(H,17,18). The highest BCUT2D eigenvalue weighted by atomic mass is 35.5. The quantitative estimate of drug-likeness (QED) is 0.654. The first-order valence-corrected chi connectivity index (χ1v) is 7.30. The largest absolute Gasteiger partial charge is 0.480 e. The maximum absolute atomic E-state index is 12.0. The lowest BCUT2D eigenvalue weighted by molar-refractivity contribution is -0.137. The number of amides is 1. The zero-order valence-electron chi connectivity index (χ0n) is 10.5. The number of nitriles is 1. The minimum absolute atomic E-state index is 0.0927. The van der Waals surface area contributed by atoms with Gasteiger partial charge in [-0.25, -0.2) is 13.1 Å². The fourth-order valence-corrected chi connectivity index (χ4v) is 2.76. The van der Waals surface area contributed by atoms with E-state index in [9.17, 15) is 18.0 Å². The Morgan fingerprint density at radius 2 is 2.00 bits per heavy atom. The number of carboxylic acids is 1. The van der Waals surface area contributed by atoms with E-state index in [0.717, 1.165) is 6.07 Å². The van der Waals surface area contributed by atoms with Gasteiger partial charge in [0.25, 0.3) is 0 Å². The summed E-state index contributed by atoms with van der Waals surface area (Å²) in [4.78, 5) is 21.1. The number of benzene rings is 1. The molecule has 1 aromatic rings. The average molecular weight is 332 g/mol. The lowest BCUT2D eigenvalue weighted by Crippen LogP contribution is -2.39. The molecule has 0 saturated heterocycles. The number of aliphatic carboxylic acids is 1. The third-order valence-electron chi connectivity index (χ3n) is 2.21. The van der Waals surface area contributed by atoms with Gasteiger partial charge in [-0.05, 0) is 18.2 Å². The van der Waals surface area contributed by atoms with Crippen LogP contribution in [0, 0.1) is 11.3 Å². The summed E-state index contributed by atoms with van der Waals surface area (Å²) >= 11 is 5.75. The van der Waals surface area contributed by atoms with Crippen molar-refractivity contribution in [3.63, 3.8) is 0 Å². The molecule has 1 amide bonds. The van der Waals surface area contributed by atoms with Gasteiger partial charge in [0.2, 0.25) is 15.9 Å². The van der Waals surface area contributed by atoms with E-state index in [1.165, 1.54) is 12.1 Å². The second kappa shape index (κ2) is 7.03. The van der Waals surface area contributed by atoms with Gasteiger partial charge in [0.1, 0.15) is 11.4 Å². The maximum atomic E-state index is 12.0. The molecule has 0 aliphatic heterocycles. The van der Waals surface area contributed by atoms with Crippen molar-refractivity contribution in [2.75, 3.05) is 13.1 Å². The van der Waals surface area contributed by atoms with E-state index in [4.69, 9.17) is 22.0 Å². The third-order valence-corrected chi connectivity index (χ3v) is 4.09. The number of nitrogens with zero attached hydrogens (tertiary/aromatic N) is 1. The fraction of sp³-hybridized carbons (Fsp3) is 0.182. The van der Waals surface area contributed by atoms with Crippen molar-refractivity contribution >= 4 is 33.5 Å². The van der Waals surface area contributed by atoms with Crippen molar-refractivity contribution in [1.82, 2.24) is 10.0 Å². The number of halogens is 1. The van der Waals surface area contributed by atoms with Crippen LogP contribution in [-0.4, -0.2) is 38.5 Å². The van der Waals surface area contributed by atoms with Gasteiger partial charge in [-0.1, -0.05) is 11.6 Å². The van der Waals surface area contributed by atoms with Gasteiger partial charge in [-0.15, -0.1) is 0 Å². The van der Waals surface area contributed by atoms with Gasteiger partial charge in [0, 0.05) is 0 Å². The first-order chi connectivity index (χ1) is 9.76. The van der Waals surface area contributed by atoms with Crippen LogP contribution >= 0.6 is 11.6 Å². The highest BCUT2D eigenvalue weighted by Gasteiger charge is 2.19. The molecular formula is C11H10ClN3O5S. The molecule has 0 heterocycles. The molecule has 0 radical (unpaired) electrons.